The van der Waals surface area contributed by atoms with Crippen molar-refractivity contribution >= 4 is 5.91 Å². The molecule has 1 amide bonds. The molecule has 0 spiro atoms. The summed E-state index contributed by atoms with van der Waals surface area (Å²) in [6.45, 7) is 0.904. The molecule has 8 heteroatoms. The average Bonchev–Trinajstić information content (AvgIpc) is 3.06. The van der Waals surface area contributed by atoms with E-state index in [-0.39, 0.29) is 23.1 Å². The Morgan fingerprint density at radius 3 is 2.79 bits per heavy atom. The number of hydrogen-bond donors (Lipinski definition) is 0. The second-order valence-electron chi connectivity index (χ2n) is 5.49. The number of nitrogens with zero attached hydrogens (tertiary/aromatic N) is 4. The Labute approximate surface area is 138 Å². The van der Waals surface area contributed by atoms with E-state index >= 15 is 0 Å². The Morgan fingerprint density at radius 2 is 2.04 bits per heavy atom. The van der Waals surface area contributed by atoms with Crippen molar-refractivity contribution in [1.82, 2.24) is 19.4 Å². The van der Waals surface area contributed by atoms with Crippen molar-refractivity contribution in [1.29, 1.82) is 0 Å². The van der Waals surface area contributed by atoms with Crippen LogP contribution in [0.15, 0.2) is 35.5 Å². The molecule has 126 valence electrons. The number of carbonyl (C=O) groups is 1. The lowest BCUT2D eigenvalue weighted by Crippen LogP contribution is -2.35. The van der Waals surface area contributed by atoms with E-state index in [1.807, 2.05) is 0 Å². The molecule has 2 aromatic rings. The van der Waals surface area contributed by atoms with E-state index in [0.29, 0.717) is 31.3 Å². The molecule has 8 nitrogen and oxygen atoms in total. The summed E-state index contributed by atoms with van der Waals surface area (Å²) in [5.74, 6) is 0.322. The molecule has 1 aliphatic rings. The third-order valence-corrected chi connectivity index (χ3v) is 3.89. The van der Waals surface area contributed by atoms with Gasteiger partial charge < -0.3 is 18.9 Å². The maximum absolute atomic E-state index is 12.5. The first kappa shape index (κ1) is 16.0. The molecule has 24 heavy (non-hydrogen) atoms. The van der Waals surface area contributed by atoms with Crippen LogP contribution in [0, 0.1) is 0 Å². The maximum atomic E-state index is 12.5. The highest BCUT2D eigenvalue weighted by Gasteiger charge is 2.30. The van der Waals surface area contributed by atoms with Crippen LogP contribution >= 0.6 is 0 Å². The molecule has 0 bridgehead atoms. The summed E-state index contributed by atoms with van der Waals surface area (Å²) >= 11 is 0. The Balaban J connectivity index is 1.70. The molecular weight excluding hydrogens is 312 g/mol. The van der Waals surface area contributed by atoms with Crippen molar-refractivity contribution in [2.24, 2.45) is 7.05 Å². The Kier molecular flexibility index (Phi) is 4.45. The summed E-state index contributed by atoms with van der Waals surface area (Å²) in [6.07, 6.45) is 5.09. The normalized spacial score (nSPS) is 16.9. The second-order valence-corrected chi connectivity index (χ2v) is 5.49. The van der Waals surface area contributed by atoms with Gasteiger partial charge in [-0.25, -0.2) is 9.97 Å². The van der Waals surface area contributed by atoms with Crippen LogP contribution in [0.5, 0.6) is 11.8 Å². The van der Waals surface area contributed by atoms with Crippen molar-refractivity contribution in [3.05, 3.63) is 46.6 Å². The fourth-order valence-corrected chi connectivity index (χ4v) is 2.63. The van der Waals surface area contributed by atoms with Gasteiger partial charge in [-0.1, -0.05) is 0 Å². The van der Waals surface area contributed by atoms with Crippen molar-refractivity contribution < 1.29 is 14.3 Å². The highest BCUT2D eigenvalue weighted by atomic mass is 16.5. The number of aryl methyl sites for hydroxylation is 1. The largest absolute Gasteiger partial charge is 0.477 e. The number of ether oxygens (including phenoxy) is 2. The number of amides is 1. The predicted molar refractivity (Wildman–Crippen MR) is 85.2 cm³/mol. The lowest BCUT2D eigenvalue weighted by Gasteiger charge is -2.17. The lowest BCUT2D eigenvalue weighted by molar-refractivity contribution is 0.0768. The van der Waals surface area contributed by atoms with Gasteiger partial charge >= 0.3 is 0 Å². The van der Waals surface area contributed by atoms with Gasteiger partial charge in [-0.2, -0.15) is 0 Å². The Morgan fingerprint density at radius 1 is 1.29 bits per heavy atom. The SMILES string of the molecule is COc1nccnc1OC1CCN(C(=O)c2cccn(C)c2=O)C1. The number of hydrogen-bond acceptors (Lipinski definition) is 6. The number of rotatable bonds is 4. The molecule has 0 aromatic carbocycles. The van der Waals surface area contributed by atoms with Gasteiger partial charge in [0.2, 0.25) is 0 Å². The molecule has 1 unspecified atom stereocenters. The van der Waals surface area contributed by atoms with Gasteiger partial charge in [0.05, 0.1) is 13.7 Å². The third-order valence-electron chi connectivity index (χ3n) is 3.89. The first-order valence-electron chi connectivity index (χ1n) is 7.56. The van der Waals surface area contributed by atoms with E-state index in [2.05, 4.69) is 9.97 Å². The second kappa shape index (κ2) is 6.69. The van der Waals surface area contributed by atoms with Gasteiger partial charge in [-0.15, -0.1) is 0 Å². The van der Waals surface area contributed by atoms with Crippen LogP contribution in [0.4, 0.5) is 0 Å². The monoisotopic (exact) mass is 330 g/mol. The van der Waals surface area contributed by atoms with Crippen LogP contribution in [0.3, 0.4) is 0 Å². The topological polar surface area (TPSA) is 86.6 Å². The maximum Gasteiger partial charge on any atom is 0.278 e. The standard InChI is InChI=1S/C16H18N4O4/c1-19-8-3-4-12(15(19)21)16(22)20-9-5-11(10-20)24-14-13(23-2)17-6-7-18-14/h3-4,6-8,11H,5,9-10H2,1-2H3. The fraction of sp³-hybridized carbons (Fsp3) is 0.375. The van der Waals surface area contributed by atoms with Gasteiger partial charge in [-0.3, -0.25) is 9.59 Å². The van der Waals surface area contributed by atoms with Gasteiger partial charge in [0.1, 0.15) is 11.7 Å². The molecule has 1 saturated heterocycles. The molecule has 1 aliphatic heterocycles. The highest BCUT2D eigenvalue weighted by Crippen LogP contribution is 2.24. The van der Waals surface area contributed by atoms with Crippen LogP contribution in [0.2, 0.25) is 0 Å². The molecule has 3 heterocycles. The summed E-state index contributed by atoms with van der Waals surface area (Å²) in [5, 5.41) is 0. The van der Waals surface area contributed by atoms with Crippen molar-refractivity contribution in [2.45, 2.75) is 12.5 Å². The van der Waals surface area contributed by atoms with Crippen molar-refractivity contribution in [3.63, 3.8) is 0 Å². The zero-order valence-electron chi connectivity index (χ0n) is 13.5. The van der Waals surface area contributed by atoms with E-state index in [1.54, 1.807) is 30.3 Å². The number of pyridine rings is 1. The molecule has 0 aliphatic carbocycles. The van der Waals surface area contributed by atoms with E-state index in [1.165, 1.54) is 24.1 Å². The highest BCUT2D eigenvalue weighted by molar-refractivity contribution is 5.94. The van der Waals surface area contributed by atoms with Crippen LogP contribution in [0.1, 0.15) is 16.8 Å². The first-order valence-corrected chi connectivity index (χ1v) is 7.56. The minimum atomic E-state index is -0.303. The smallest absolute Gasteiger partial charge is 0.278 e. The zero-order chi connectivity index (χ0) is 17.1. The molecule has 0 saturated carbocycles. The van der Waals surface area contributed by atoms with Gasteiger partial charge in [-0.05, 0) is 12.1 Å². The number of likely N-dealkylation sites (tertiary alicyclic amines) is 1. The van der Waals surface area contributed by atoms with Gasteiger partial charge in [0.15, 0.2) is 0 Å². The molecule has 2 aromatic heterocycles. The third kappa shape index (κ3) is 3.08. The number of methoxy groups -OCH3 is 1. The van der Waals surface area contributed by atoms with Crippen molar-refractivity contribution in [3.8, 4) is 11.8 Å². The van der Waals surface area contributed by atoms with E-state index in [0.717, 1.165) is 0 Å². The quantitative estimate of drug-likeness (QED) is 0.810. The fourth-order valence-electron chi connectivity index (χ4n) is 2.63. The predicted octanol–water partition coefficient (Wildman–Crippen LogP) is 0.477. The van der Waals surface area contributed by atoms with Crippen LogP contribution < -0.4 is 15.0 Å². The van der Waals surface area contributed by atoms with Crippen molar-refractivity contribution in [2.75, 3.05) is 20.2 Å². The lowest BCUT2D eigenvalue weighted by atomic mass is 10.2. The van der Waals surface area contributed by atoms with E-state index in [9.17, 15) is 9.59 Å². The van der Waals surface area contributed by atoms with Crippen LogP contribution in [0.25, 0.3) is 0 Å². The van der Waals surface area contributed by atoms with Gasteiger partial charge in [0.25, 0.3) is 23.2 Å². The molecular formula is C16H18N4O4. The molecule has 1 fully saturated rings. The molecule has 0 N–H and O–H groups in total. The summed E-state index contributed by atoms with van der Waals surface area (Å²) in [5.41, 5.74) is -0.139. The summed E-state index contributed by atoms with van der Waals surface area (Å²) < 4.78 is 12.3. The summed E-state index contributed by atoms with van der Waals surface area (Å²) in [7, 11) is 3.11. The molecule has 3 rings (SSSR count). The first-order chi connectivity index (χ1) is 11.6. The summed E-state index contributed by atoms with van der Waals surface area (Å²) in [6, 6.07) is 3.23. The Bertz CT molecular complexity index is 805. The van der Waals surface area contributed by atoms with E-state index in [4.69, 9.17) is 9.47 Å². The number of aromatic nitrogens is 3. The number of carbonyl (C=O) groups excluding carboxylic acids is 1. The Hall–Kier alpha value is -2.90. The van der Waals surface area contributed by atoms with Gasteiger partial charge in [0, 0.05) is 38.6 Å². The zero-order valence-corrected chi connectivity index (χ0v) is 13.5. The van der Waals surface area contributed by atoms with Crippen LogP contribution in [-0.2, 0) is 7.05 Å². The minimum absolute atomic E-state index is 0.165. The molecule has 0 radical (unpaired) electrons. The molecule has 1 atom stereocenters. The average molecular weight is 330 g/mol. The van der Waals surface area contributed by atoms with E-state index < -0.39 is 0 Å². The summed E-state index contributed by atoms with van der Waals surface area (Å²) in [4.78, 5) is 34.4. The van der Waals surface area contributed by atoms with Crippen LogP contribution in [-0.4, -0.2) is 51.6 Å². The minimum Gasteiger partial charge on any atom is -0.477 e.